The minimum atomic E-state index is -1.63. The maximum Gasteiger partial charge on any atom is 0.252 e. The number of halogens is 3. The molecule has 0 heterocycles. The van der Waals surface area contributed by atoms with E-state index in [0.717, 1.165) is 10.5 Å². The Kier molecular flexibility index (Phi) is 6.04. The zero-order valence-electron chi connectivity index (χ0n) is 11.7. The van der Waals surface area contributed by atoms with Crippen LogP contribution in [0.5, 0.6) is 0 Å². The van der Waals surface area contributed by atoms with Crippen molar-refractivity contribution in [2.75, 3.05) is 0 Å². The predicted molar refractivity (Wildman–Crippen MR) is 95.0 cm³/mol. The number of carbonyl (C=O) groups excluding carboxylic acids is 1. The molecule has 0 aliphatic heterocycles. The van der Waals surface area contributed by atoms with Crippen LogP contribution in [0.3, 0.4) is 0 Å². The first-order valence-electron chi connectivity index (χ1n) is 6.52. The lowest BCUT2D eigenvalue weighted by Crippen LogP contribution is -2.41. The van der Waals surface area contributed by atoms with Crippen molar-refractivity contribution in [2.45, 2.75) is 21.0 Å². The number of aryl methyl sites for hydroxylation is 1. The zero-order valence-corrected chi connectivity index (χ0v) is 14.8. The van der Waals surface area contributed by atoms with Gasteiger partial charge in [0.1, 0.15) is 5.37 Å². The molecule has 0 bridgehead atoms. The molecule has 1 amide bonds. The first-order chi connectivity index (χ1) is 10.4. The third-order valence-corrected chi connectivity index (χ3v) is 5.16. The van der Waals surface area contributed by atoms with Crippen molar-refractivity contribution in [3.05, 3.63) is 65.7 Å². The maximum absolute atomic E-state index is 12.2. The van der Waals surface area contributed by atoms with Gasteiger partial charge in [0, 0.05) is 10.5 Å². The van der Waals surface area contributed by atoms with Crippen LogP contribution >= 0.6 is 46.6 Å². The summed E-state index contributed by atoms with van der Waals surface area (Å²) < 4.78 is -1.63. The van der Waals surface area contributed by atoms with Crippen LogP contribution in [-0.2, 0) is 0 Å². The Labute approximate surface area is 149 Å². The first kappa shape index (κ1) is 17.5. The lowest BCUT2D eigenvalue weighted by atomic mass is 10.2. The van der Waals surface area contributed by atoms with Crippen molar-refractivity contribution in [3.8, 4) is 0 Å². The minimum absolute atomic E-state index is 0.281. The summed E-state index contributed by atoms with van der Waals surface area (Å²) in [7, 11) is 0. The summed E-state index contributed by atoms with van der Waals surface area (Å²) in [6.07, 6.45) is 0. The highest BCUT2D eigenvalue weighted by molar-refractivity contribution is 8.00. The summed E-state index contributed by atoms with van der Waals surface area (Å²) in [6.45, 7) is 2.00. The van der Waals surface area contributed by atoms with Crippen molar-refractivity contribution < 1.29 is 4.79 Å². The van der Waals surface area contributed by atoms with Crippen molar-refractivity contribution in [1.29, 1.82) is 0 Å². The highest BCUT2D eigenvalue weighted by Gasteiger charge is 2.35. The number of nitrogens with one attached hydrogen (secondary N) is 1. The molecule has 1 atom stereocenters. The largest absolute Gasteiger partial charge is 0.336 e. The monoisotopic (exact) mass is 373 g/mol. The highest BCUT2D eigenvalue weighted by Crippen LogP contribution is 2.39. The summed E-state index contributed by atoms with van der Waals surface area (Å²) in [6, 6.07) is 16.6. The number of hydrogen-bond donors (Lipinski definition) is 1. The van der Waals surface area contributed by atoms with Crippen LogP contribution in [0.15, 0.2) is 59.5 Å². The van der Waals surface area contributed by atoms with Crippen molar-refractivity contribution >= 4 is 52.5 Å². The molecule has 0 unspecified atom stereocenters. The quantitative estimate of drug-likeness (QED) is 0.452. The molecule has 0 saturated carbocycles. The van der Waals surface area contributed by atoms with Gasteiger partial charge in [0.2, 0.25) is 3.79 Å². The van der Waals surface area contributed by atoms with Gasteiger partial charge < -0.3 is 5.32 Å². The second kappa shape index (κ2) is 7.60. The molecule has 0 aliphatic carbocycles. The summed E-state index contributed by atoms with van der Waals surface area (Å²) in [4.78, 5) is 13.2. The van der Waals surface area contributed by atoms with Crippen LogP contribution in [0.25, 0.3) is 0 Å². The third-order valence-electron chi connectivity index (χ3n) is 2.87. The van der Waals surface area contributed by atoms with Crippen LogP contribution in [0.4, 0.5) is 0 Å². The molecule has 0 aliphatic rings. The smallest absolute Gasteiger partial charge is 0.252 e. The van der Waals surface area contributed by atoms with Crippen LogP contribution in [0, 0.1) is 6.92 Å². The number of rotatable bonds is 4. The van der Waals surface area contributed by atoms with Gasteiger partial charge in [-0.15, -0.1) is 0 Å². The molecule has 1 N–H and O–H groups in total. The predicted octanol–water partition coefficient (Wildman–Crippen LogP) is 5.21. The van der Waals surface area contributed by atoms with E-state index in [-0.39, 0.29) is 5.91 Å². The Balaban J connectivity index is 2.13. The molecule has 116 valence electrons. The SMILES string of the molecule is Cc1ccc(S[C@@H](NC(=O)c2ccccc2)C(Cl)(Cl)Cl)cc1. The van der Waals surface area contributed by atoms with Gasteiger partial charge in [-0.3, -0.25) is 4.79 Å². The van der Waals surface area contributed by atoms with Crippen LogP contribution in [-0.4, -0.2) is 15.1 Å². The van der Waals surface area contributed by atoms with E-state index in [2.05, 4.69) is 5.32 Å². The van der Waals surface area contributed by atoms with E-state index in [1.54, 1.807) is 24.3 Å². The Morgan fingerprint density at radius 1 is 1.05 bits per heavy atom. The molecular formula is C16H14Cl3NOS. The lowest BCUT2D eigenvalue weighted by Gasteiger charge is -2.25. The van der Waals surface area contributed by atoms with Crippen LogP contribution < -0.4 is 5.32 Å². The van der Waals surface area contributed by atoms with E-state index in [9.17, 15) is 4.79 Å². The molecule has 0 saturated heterocycles. The number of hydrogen-bond acceptors (Lipinski definition) is 2. The molecule has 2 aromatic carbocycles. The van der Waals surface area contributed by atoms with Crippen molar-refractivity contribution in [3.63, 3.8) is 0 Å². The molecule has 0 fully saturated rings. The van der Waals surface area contributed by atoms with E-state index in [1.165, 1.54) is 11.8 Å². The molecule has 0 aromatic heterocycles. The second-order valence-corrected chi connectivity index (χ2v) is 8.24. The molecule has 0 radical (unpaired) electrons. The van der Waals surface area contributed by atoms with Crippen molar-refractivity contribution in [2.24, 2.45) is 0 Å². The van der Waals surface area contributed by atoms with Crippen LogP contribution in [0.2, 0.25) is 0 Å². The summed E-state index contributed by atoms with van der Waals surface area (Å²) in [5, 5.41) is 2.06. The van der Waals surface area contributed by atoms with Gasteiger partial charge in [0.15, 0.2) is 0 Å². The van der Waals surface area contributed by atoms with Gasteiger partial charge in [0.25, 0.3) is 5.91 Å². The van der Waals surface area contributed by atoms with E-state index >= 15 is 0 Å². The highest BCUT2D eigenvalue weighted by atomic mass is 35.6. The molecule has 6 heteroatoms. The molecular weight excluding hydrogens is 361 g/mol. The van der Waals surface area contributed by atoms with E-state index in [1.807, 2.05) is 37.3 Å². The van der Waals surface area contributed by atoms with Gasteiger partial charge in [0.05, 0.1) is 0 Å². The number of amides is 1. The lowest BCUT2D eigenvalue weighted by molar-refractivity contribution is 0.0950. The molecule has 22 heavy (non-hydrogen) atoms. The molecule has 2 nitrogen and oxygen atoms in total. The molecule has 2 aromatic rings. The second-order valence-electron chi connectivity index (χ2n) is 4.69. The minimum Gasteiger partial charge on any atom is -0.336 e. The Morgan fingerprint density at radius 3 is 2.18 bits per heavy atom. The molecule has 2 rings (SSSR count). The first-order valence-corrected chi connectivity index (χ1v) is 8.53. The fourth-order valence-electron chi connectivity index (χ4n) is 1.72. The molecule has 0 spiro atoms. The van der Waals surface area contributed by atoms with E-state index < -0.39 is 9.17 Å². The van der Waals surface area contributed by atoms with Gasteiger partial charge in [-0.1, -0.05) is 82.5 Å². The van der Waals surface area contributed by atoms with E-state index in [4.69, 9.17) is 34.8 Å². The van der Waals surface area contributed by atoms with Crippen LogP contribution in [0.1, 0.15) is 15.9 Å². The Morgan fingerprint density at radius 2 is 1.64 bits per heavy atom. The normalized spacial score (nSPS) is 12.7. The Hall–Kier alpha value is -0.870. The topological polar surface area (TPSA) is 29.1 Å². The van der Waals surface area contributed by atoms with Gasteiger partial charge in [-0.05, 0) is 31.2 Å². The van der Waals surface area contributed by atoms with Crippen molar-refractivity contribution in [1.82, 2.24) is 5.32 Å². The summed E-state index contributed by atoms with van der Waals surface area (Å²) in [5.74, 6) is -0.281. The van der Waals surface area contributed by atoms with Gasteiger partial charge >= 0.3 is 0 Å². The fraction of sp³-hybridized carbons (Fsp3) is 0.188. The average Bonchev–Trinajstić information content (AvgIpc) is 2.48. The fourth-order valence-corrected chi connectivity index (χ4v) is 3.15. The zero-order chi connectivity index (χ0) is 16.2. The maximum atomic E-state index is 12.2. The average molecular weight is 375 g/mol. The number of thioether (sulfide) groups is 1. The number of benzene rings is 2. The number of carbonyl (C=O) groups is 1. The summed E-state index contributed by atoms with van der Waals surface area (Å²) >= 11 is 19.3. The Bertz CT molecular complexity index is 626. The van der Waals surface area contributed by atoms with Gasteiger partial charge in [-0.25, -0.2) is 0 Å². The van der Waals surface area contributed by atoms with Gasteiger partial charge in [-0.2, -0.15) is 0 Å². The van der Waals surface area contributed by atoms with E-state index in [0.29, 0.717) is 5.56 Å². The standard InChI is InChI=1S/C16H14Cl3NOS/c1-11-7-9-13(10-8-11)22-15(16(17,18)19)20-14(21)12-5-3-2-4-6-12/h2-10,15H,1H3,(H,20,21)/t15-/m1/s1. The summed E-state index contributed by atoms with van der Waals surface area (Å²) in [5.41, 5.74) is 1.66. The third kappa shape index (κ3) is 5.10. The number of alkyl halides is 3.